The van der Waals surface area contributed by atoms with Crippen molar-refractivity contribution >= 4 is 5.91 Å². The number of likely N-dealkylation sites (tertiary alicyclic amines) is 1. The maximum atomic E-state index is 12.3. The molecule has 1 saturated heterocycles. The Morgan fingerprint density at radius 1 is 1.38 bits per heavy atom. The summed E-state index contributed by atoms with van der Waals surface area (Å²) < 4.78 is 5.15. The number of hydrogen-bond acceptors (Lipinski definition) is 2. The highest BCUT2D eigenvalue weighted by Gasteiger charge is 2.58. The molecule has 0 aromatic heterocycles. The minimum absolute atomic E-state index is 0.350. The third-order valence-corrected chi connectivity index (χ3v) is 5.38. The van der Waals surface area contributed by atoms with E-state index in [0.717, 1.165) is 37.6 Å². The Morgan fingerprint density at radius 2 is 2.14 bits per heavy atom. The summed E-state index contributed by atoms with van der Waals surface area (Å²) >= 11 is 0. The van der Waals surface area contributed by atoms with Crippen molar-refractivity contribution in [2.75, 3.05) is 20.2 Å². The molecule has 0 spiro atoms. The van der Waals surface area contributed by atoms with Crippen LogP contribution in [0.5, 0.6) is 5.75 Å². The van der Waals surface area contributed by atoms with E-state index in [1.807, 2.05) is 12.1 Å². The smallest absolute Gasteiger partial charge is 0.222 e. The molecule has 21 heavy (non-hydrogen) atoms. The molecule has 3 rings (SSSR count). The average Bonchev–Trinajstić information content (AvgIpc) is 3.09. The maximum Gasteiger partial charge on any atom is 0.222 e. The molecular formula is C18H25NO2. The molecule has 3 nitrogen and oxygen atoms in total. The van der Waals surface area contributed by atoms with Gasteiger partial charge in [0.1, 0.15) is 5.75 Å². The lowest BCUT2D eigenvalue weighted by Crippen LogP contribution is -2.31. The minimum Gasteiger partial charge on any atom is -0.497 e. The first-order valence-corrected chi connectivity index (χ1v) is 8.07. The van der Waals surface area contributed by atoms with Gasteiger partial charge in [-0.3, -0.25) is 4.79 Å². The molecule has 0 radical (unpaired) electrons. The van der Waals surface area contributed by atoms with Crippen molar-refractivity contribution in [2.24, 2.45) is 11.3 Å². The Balaban J connectivity index is 1.42. The summed E-state index contributed by atoms with van der Waals surface area (Å²) in [5, 5.41) is 0. The zero-order chi connectivity index (χ0) is 14.9. The molecule has 2 unspecified atom stereocenters. The second-order valence-corrected chi connectivity index (χ2v) is 6.59. The summed E-state index contributed by atoms with van der Waals surface area (Å²) in [6, 6.07) is 8.13. The summed E-state index contributed by atoms with van der Waals surface area (Å²) in [6.07, 6.45) is 5.16. The number of ether oxygens (including phenoxy) is 1. The van der Waals surface area contributed by atoms with Crippen molar-refractivity contribution in [2.45, 2.75) is 39.0 Å². The number of carbonyl (C=O) groups is 1. The molecule has 1 aromatic carbocycles. The fourth-order valence-electron chi connectivity index (χ4n) is 3.72. The van der Waals surface area contributed by atoms with Crippen molar-refractivity contribution in [1.82, 2.24) is 4.90 Å². The number of nitrogens with zero attached hydrogens (tertiary/aromatic N) is 1. The quantitative estimate of drug-likeness (QED) is 0.803. The number of rotatable bonds is 6. The van der Waals surface area contributed by atoms with Gasteiger partial charge in [-0.1, -0.05) is 19.1 Å². The molecule has 0 N–H and O–H groups in total. The van der Waals surface area contributed by atoms with Crippen molar-refractivity contribution < 1.29 is 9.53 Å². The first kappa shape index (κ1) is 14.4. The van der Waals surface area contributed by atoms with Crippen molar-refractivity contribution in [1.29, 1.82) is 0 Å². The number of fused-ring (bicyclic) bond motifs is 1. The number of piperidine rings is 1. The molecule has 1 heterocycles. The van der Waals surface area contributed by atoms with Gasteiger partial charge in [-0.05, 0) is 54.7 Å². The van der Waals surface area contributed by atoms with Crippen LogP contribution < -0.4 is 4.74 Å². The molecule has 1 aromatic rings. The van der Waals surface area contributed by atoms with Gasteiger partial charge in [0.05, 0.1) is 7.11 Å². The second kappa shape index (κ2) is 5.70. The summed E-state index contributed by atoms with van der Waals surface area (Å²) in [5.74, 6) is 2.03. The van der Waals surface area contributed by atoms with E-state index in [1.54, 1.807) is 7.11 Å². The third kappa shape index (κ3) is 2.92. The van der Waals surface area contributed by atoms with Crippen LogP contribution >= 0.6 is 0 Å². The number of amides is 1. The van der Waals surface area contributed by atoms with Gasteiger partial charge in [-0.25, -0.2) is 0 Å². The van der Waals surface area contributed by atoms with E-state index >= 15 is 0 Å². The molecule has 2 aliphatic rings. The van der Waals surface area contributed by atoms with Gasteiger partial charge in [-0.2, -0.15) is 0 Å². The highest BCUT2D eigenvalue weighted by molar-refractivity contribution is 5.76. The summed E-state index contributed by atoms with van der Waals surface area (Å²) in [4.78, 5) is 14.4. The van der Waals surface area contributed by atoms with E-state index in [-0.39, 0.29) is 0 Å². The number of aryl methyl sites for hydroxylation is 1. The lowest BCUT2D eigenvalue weighted by molar-refractivity contribution is -0.131. The number of carbonyl (C=O) groups excluding carboxylic acids is 1. The van der Waals surface area contributed by atoms with Crippen molar-refractivity contribution in [3.63, 3.8) is 0 Å². The molecule has 1 saturated carbocycles. The lowest BCUT2D eigenvalue weighted by atomic mass is 10.0. The summed E-state index contributed by atoms with van der Waals surface area (Å²) in [7, 11) is 1.68. The third-order valence-electron chi connectivity index (χ3n) is 5.38. The summed E-state index contributed by atoms with van der Waals surface area (Å²) in [5.41, 5.74) is 1.78. The number of hydrogen-bond donors (Lipinski definition) is 0. The molecule has 1 aliphatic heterocycles. The van der Waals surface area contributed by atoms with E-state index in [2.05, 4.69) is 24.0 Å². The Bertz CT molecular complexity index is 506. The Hall–Kier alpha value is -1.51. The number of benzene rings is 1. The molecule has 0 bridgehead atoms. The van der Waals surface area contributed by atoms with E-state index in [0.29, 0.717) is 17.7 Å². The molecule has 1 aliphatic carbocycles. The molecule has 114 valence electrons. The SMILES string of the molecule is CCC12CC1CN(C(=O)CCCc1ccc(OC)cc1)C2. The molecule has 1 amide bonds. The topological polar surface area (TPSA) is 29.5 Å². The van der Waals surface area contributed by atoms with E-state index in [1.165, 1.54) is 18.4 Å². The maximum absolute atomic E-state index is 12.3. The van der Waals surface area contributed by atoms with Gasteiger partial charge >= 0.3 is 0 Å². The van der Waals surface area contributed by atoms with Gasteiger partial charge in [-0.15, -0.1) is 0 Å². The molecule has 2 fully saturated rings. The Morgan fingerprint density at radius 3 is 2.76 bits per heavy atom. The fraction of sp³-hybridized carbons (Fsp3) is 0.611. The molecule has 2 atom stereocenters. The van der Waals surface area contributed by atoms with Crippen LogP contribution in [-0.4, -0.2) is 31.0 Å². The predicted molar refractivity (Wildman–Crippen MR) is 83.3 cm³/mol. The van der Waals surface area contributed by atoms with E-state index < -0.39 is 0 Å². The summed E-state index contributed by atoms with van der Waals surface area (Å²) in [6.45, 7) is 4.28. The van der Waals surface area contributed by atoms with E-state index in [4.69, 9.17) is 4.74 Å². The standard InChI is InChI=1S/C18H25NO2/c1-3-18-11-15(18)12-19(13-18)17(20)6-4-5-14-7-9-16(21-2)10-8-14/h7-10,15H,3-6,11-13H2,1-2H3. The molecular weight excluding hydrogens is 262 g/mol. The van der Waals surface area contributed by atoms with Gasteiger partial charge in [0.2, 0.25) is 5.91 Å². The van der Waals surface area contributed by atoms with Crippen molar-refractivity contribution in [3.8, 4) is 5.75 Å². The monoisotopic (exact) mass is 287 g/mol. The van der Waals surface area contributed by atoms with Gasteiger partial charge in [0.25, 0.3) is 0 Å². The Labute approximate surface area is 127 Å². The average molecular weight is 287 g/mol. The fourth-order valence-corrected chi connectivity index (χ4v) is 3.72. The van der Waals surface area contributed by atoms with Crippen LogP contribution in [0.4, 0.5) is 0 Å². The Kier molecular flexibility index (Phi) is 3.92. The highest BCUT2D eigenvalue weighted by Crippen LogP contribution is 2.59. The van der Waals surface area contributed by atoms with Crippen LogP contribution in [-0.2, 0) is 11.2 Å². The minimum atomic E-state index is 0.350. The van der Waals surface area contributed by atoms with Crippen LogP contribution in [0.3, 0.4) is 0 Å². The van der Waals surface area contributed by atoms with Crippen molar-refractivity contribution in [3.05, 3.63) is 29.8 Å². The normalized spacial score (nSPS) is 26.6. The first-order chi connectivity index (χ1) is 10.2. The van der Waals surface area contributed by atoms with Crippen LogP contribution in [0.1, 0.15) is 38.2 Å². The zero-order valence-corrected chi connectivity index (χ0v) is 13.1. The van der Waals surface area contributed by atoms with Gasteiger partial charge < -0.3 is 9.64 Å². The lowest BCUT2D eigenvalue weighted by Gasteiger charge is -2.20. The first-order valence-electron chi connectivity index (χ1n) is 8.07. The second-order valence-electron chi connectivity index (χ2n) is 6.59. The van der Waals surface area contributed by atoms with Crippen LogP contribution in [0.25, 0.3) is 0 Å². The largest absolute Gasteiger partial charge is 0.497 e. The van der Waals surface area contributed by atoms with E-state index in [9.17, 15) is 4.79 Å². The molecule has 3 heteroatoms. The highest BCUT2D eigenvalue weighted by atomic mass is 16.5. The van der Waals surface area contributed by atoms with Crippen LogP contribution in [0, 0.1) is 11.3 Å². The van der Waals surface area contributed by atoms with Gasteiger partial charge in [0.15, 0.2) is 0 Å². The van der Waals surface area contributed by atoms with Crippen LogP contribution in [0.2, 0.25) is 0 Å². The number of methoxy groups -OCH3 is 1. The zero-order valence-electron chi connectivity index (χ0n) is 13.1. The predicted octanol–water partition coefficient (Wildman–Crippen LogP) is 3.28. The van der Waals surface area contributed by atoms with Gasteiger partial charge in [0, 0.05) is 19.5 Å². The van der Waals surface area contributed by atoms with Crippen LogP contribution in [0.15, 0.2) is 24.3 Å².